The lowest BCUT2D eigenvalue weighted by Crippen LogP contribution is -1.97. The van der Waals surface area contributed by atoms with Crippen LogP contribution in [0.25, 0.3) is 32.6 Å². The van der Waals surface area contributed by atoms with Crippen LogP contribution in [0.4, 0.5) is 0 Å². The number of para-hydroxylation sites is 1. The van der Waals surface area contributed by atoms with Gasteiger partial charge in [0.1, 0.15) is 0 Å². The molecule has 1 aromatic heterocycles. The third-order valence-corrected chi connectivity index (χ3v) is 4.39. The molecular weight excluding hydrogens is 254 g/mol. The average molecular weight is 273 g/mol. The summed E-state index contributed by atoms with van der Waals surface area (Å²) in [6, 6.07) is 22.0. The van der Waals surface area contributed by atoms with Gasteiger partial charge in [0, 0.05) is 28.2 Å². The maximum atomic E-state index is 2.51. The highest BCUT2D eigenvalue weighted by molar-refractivity contribution is 6.17. The van der Waals surface area contributed by atoms with Crippen molar-refractivity contribution >= 4 is 32.6 Å². The van der Waals surface area contributed by atoms with Crippen molar-refractivity contribution in [3.63, 3.8) is 0 Å². The minimum absolute atomic E-state index is 1.09. The molecule has 0 spiro atoms. The second kappa shape index (κ2) is 4.92. The SMILES string of the molecule is CCCCn1c2ccccc2c2ccc3ccccc3c21. The molecule has 0 saturated heterocycles. The standard InChI is InChI=1S/C20H19N/c1-2-3-14-21-19-11-7-6-10-17(19)18-13-12-15-8-4-5-9-16(15)20(18)21/h4-13H,2-3,14H2,1H3. The maximum Gasteiger partial charge on any atom is 0.0571 e. The second-order valence-corrected chi connectivity index (χ2v) is 5.71. The highest BCUT2D eigenvalue weighted by atomic mass is 15.0. The summed E-state index contributed by atoms with van der Waals surface area (Å²) in [7, 11) is 0. The predicted octanol–water partition coefficient (Wildman–Crippen LogP) is 5.75. The summed E-state index contributed by atoms with van der Waals surface area (Å²) >= 11 is 0. The average Bonchev–Trinajstić information content (AvgIpc) is 2.87. The molecule has 0 saturated carbocycles. The first-order valence-corrected chi connectivity index (χ1v) is 7.79. The molecule has 0 unspecified atom stereocenters. The van der Waals surface area contributed by atoms with Crippen LogP contribution >= 0.6 is 0 Å². The lowest BCUT2D eigenvalue weighted by Gasteiger charge is -2.08. The van der Waals surface area contributed by atoms with E-state index in [0.29, 0.717) is 0 Å². The maximum absolute atomic E-state index is 2.51. The van der Waals surface area contributed by atoms with Crippen LogP contribution in [0.1, 0.15) is 19.8 Å². The summed E-state index contributed by atoms with van der Waals surface area (Å²) in [4.78, 5) is 0. The van der Waals surface area contributed by atoms with Gasteiger partial charge < -0.3 is 4.57 Å². The largest absolute Gasteiger partial charge is 0.340 e. The summed E-state index contributed by atoms with van der Waals surface area (Å²) in [6.07, 6.45) is 2.44. The summed E-state index contributed by atoms with van der Waals surface area (Å²) in [5, 5.41) is 5.43. The van der Waals surface area contributed by atoms with Crippen LogP contribution in [0.15, 0.2) is 60.7 Å². The first-order valence-electron chi connectivity index (χ1n) is 7.79. The van der Waals surface area contributed by atoms with Crippen molar-refractivity contribution < 1.29 is 0 Å². The van der Waals surface area contributed by atoms with Crippen molar-refractivity contribution in [1.82, 2.24) is 4.57 Å². The fraction of sp³-hybridized carbons (Fsp3) is 0.200. The van der Waals surface area contributed by atoms with Crippen molar-refractivity contribution in [2.45, 2.75) is 26.3 Å². The molecule has 21 heavy (non-hydrogen) atoms. The Bertz CT molecular complexity index is 930. The Morgan fingerprint density at radius 3 is 2.38 bits per heavy atom. The minimum Gasteiger partial charge on any atom is -0.340 e. The molecule has 0 bridgehead atoms. The molecule has 104 valence electrons. The third-order valence-electron chi connectivity index (χ3n) is 4.39. The zero-order chi connectivity index (χ0) is 14.2. The fourth-order valence-electron chi connectivity index (χ4n) is 3.37. The number of nitrogens with zero attached hydrogens (tertiary/aromatic N) is 1. The number of hydrogen-bond donors (Lipinski definition) is 0. The van der Waals surface area contributed by atoms with Crippen LogP contribution < -0.4 is 0 Å². The van der Waals surface area contributed by atoms with Gasteiger partial charge in [-0.25, -0.2) is 0 Å². The van der Waals surface area contributed by atoms with Gasteiger partial charge in [0.15, 0.2) is 0 Å². The number of aromatic nitrogens is 1. The molecule has 0 aliphatic carbocycles. The highest BCUT2D eigenvalue weighted by Crippen LogP contribution is 2.34. The van der Waals surface area contributed by atoms with Crippen molar-refractivity contribution in [2.24, 2.45) is 0 Å². The Balaban J connectivity index is 2.19. The molecule has 4 aromatic rings. The van der Waals surface area contributed by atoms with Gasteiger partial charge in [0.25, 0.3) is 0 Å². The van der Waals surface area contributed by atoms with Gasteiger partial charge in [-0.05, 0) is 17.9 Å². The highest BCUT2D eigenvalue weighted by Gasteiger charge is 2.12. The zero-order valence-corrected chi connectivity index (χ0v) is 12.3. The Morgan fingerprint density at radius 2 is 1.52 bits per heavy atom. The van der Waals surface area contributed by atoms with Crippen LogP contribution in [0.3, 0.4) is 0 Å². The Morgan fingerprint density at radius 1 is 0.762 bits per heavy atom. The Hall–Kier alpha value is -2.28. The van der Waals surface area contributed by atoms with Gasteiger partial charge in [-0.1, -0.05) is 67.9 Å². The lowest BCUT2D eigenvalue weighted by atomic mass is 10.1. The third kappa shape index (κ3) is 1.84. The molecule has 0 aliphatic heterocycles. The smallest absolute Gasteiger partial charge is 0.0571 e. The molecule has 0 fully saturated rings. The zero-order valence-electron chi connectivity index (χ0n) is 12.3. The molecule has 1 heterocycles. The molecular formula is C20H19N. The topological polar surface area (TPSA) is 4.93 Å². The van der Waals surface area contributed by atoms with E-state index in [2.05, 4.69) is 72.2 Å². The molecule has 0 aliphatic rings. The van der Waals surface area contributed by atoms with Crippen LogP contribution in [0.5, 0.6) is 0 Å². The van der Waals surface area contributed by atoms with Crippen LogP contribution in [-0.2, 0) is 6.54 Å². The van der Waals surface area contributed by atoms with Gasteiger partial charge in [-0.3, -0.25) is 0 Å². The van der Waals surface area contributed by atoms with Crippen LogP contribution in [-0.4, -0.2) is 4.57 Å². The van der Waals surface area contributed by atoms with Crippen LogP contribution in [0.2, 0.25) is 0 Å². The molecule has 0 amide bonds. The van der Waals surface area contributed by atoms with E-state index in [4.69, 9.17) is 0 Å². The number of hydrogen-bond acceptors (Lipinski definition) is 0. The van der Waals surface area contributed by atoms with Crippen LogP contribution in [0, 0.1) is 0 Å². The summed E-state index contributed by atoms with van der Waals surface area (Å²) in [5.41, 5.74) is 2.75. The van der Waals surface area contributed by atoms with Crippen molar-refractivity contribution in [2.75, 3.05) is 0 Å². The normalized spacial score (nSPS) is 11.7. The summed E-state index contributed by atoms with van der Waals surface area (Å²) in [5.74, 6) is 0. The fourth-order valence-corrected chi connectivity index (χ4v) is 3.37. The predicted molar refractivity (Wildman–Crippen MR) is 91.9 cm³/mol. The Kier molecular flexibility index (Phi) is 2.92. The van der Waals surface area contributed by atoms with E-state index in [9.17, 15) is 0 Å². The van der Waals surface area contributed by atoms with Crippen molar-refractivity contribution in [1.29, 1.82) is 0 Å². The monoisotopic (exact) mass is 273 g/mol. The van der Waals surface area contributed by atoms with Gasteiger partial charge in [-0.2, -0.15) is 0 Å². The van der Waals surface area contributed by atoms with E-state index in [0.717, 1.165) is 6.54 Å². The molecule has 4 rings (SSSR count). The van der Waals surface area contributed by atoms with Gasteiger partial charge >= 0.3 is 0 Å². The number of fused-ring (bicyclic) bond motifs is 5. The number of unbranched alkanes of at least 4 members (excludes halogenated alkanes) is 1. The number of aryl methyl sites for hydroxylation is 1. The molecule has 0 radical (unpaired) electrons. The van der Waals surface area contributed by atoms with E-state index in [1.165, 1.54) is 45.4 Å². The van der Waals surface area contributed by atoms with Gasteiger partial charge in [0.05, 0.1) is 5.52 Å². The van der Waals surface area contributed by atoms with E-state index >= 15 is 0 Å². The van der Waals surface area contributed by atoms with E-state index in [-0.39, 0.29) is 0 Å². The van der Waals surface area contributed by atoms with Gasteiger partial charge in [-0.15, -0.1) is 0 Å². The van der Waals surface area contributed by atoms with E-state index in [1.807, 2.05) is 0 Å². The first-order chi connectivity index (χ1) is 10.4. The van der Waals surface area contributed by atoms with Crippen molar-refractivity contribution in [3.8, 4) is 0 Å². The van der Waals surface area contributed by atoms with E-state index in [1.54, 1.807) is 0 Å². The van der Waals surface area contributed by atoms with Crippen molar-refractivity contribution in [3.05, 3.63) is 60.7 Å². The Labute approximate surface area is 124 Å². The van der Waals surface area contributed by atoms with Gasteiger partial charge in [0.2, 0.25) is 0 Å². The molecule has 0 atom stereocenters. The second-order valence-electron chi connectivity index (χ2n) is 5.71. The lowest BCUT2D eigenvalue weighted by molar-refractivity contribution is 0.666. The summed E-state index contributed by atoms with van der Waals surface area (Å²) in [6.45, 7) is 3.35. The molecule has 1 heteroatoms. The first kappa shape index (κ1) is 12.5. The van der Waals surface area contributed by atoms with E-state index < -0.39 is 0 Å². The molecule has 1 nitrogen and oxygen atoms in total. The molecule has 0 N–H and O–H groups in total. The number of rotatable bonds is 3. The number of benzene rings is 3. The quantitative estimate of drug-likeness (QED) is 0.448. The summed E-state index contributed by atoms with van der Waals surface area (Å²) < 4.78 is 2.51. The molecule has 3 aromatic carbocycles. The minimum atomic E-state index is 1.09.